The number of hydrogen-bond acceptors (Lipinski definition) is 1. The van der Waals surface area contributed by atoms with Gasteiger partial charge in [-0.15, -0.1) is 13.1 Å². The largest absolute Gasteiger partial charge is 0.662 e. The van der Waals surface area contributed by atoms with Gasteiger partial charge in [0.15, 0.2) is 0 Å². The quantitative estimate of drug-likeness (QED) is 0.653. The van der Waals surface area contributed by atoms with E-state index in [1.165, 1.54) is 19.3 Å². The molecule has 0 aromatic carbocycles. The van der Waals surface area contributed by atoms with Gasteiger partial charge in [0.1, 0.15) is 0 Å². The van der Waals surface area contributed by atoms with Gasteiger partial charge in [-0.05, 0) is 25.7 Å². The van der Waals surface area contributed by atoms with Gasteiger partial charge in [0, 0.05) is 12.1 Å². The van der Waals surface area contributed by atoms with E-state index >= 15 is 0 Å². The van der Waals surface area contributed by atoms with Crippen LogP contribution in [0.5, 0.6) is 0 Å². The number of hydrogen-bond donors (Lipinski definition) is 1. The molecule has 0 bridgehead atoms. The zero-order chi connectivity index (χ0) is 7.68. The minimum Gasteiger partial charge on any atom is -0.662 e. The molecule has 2 fully saturated rings. The van der Waals surface area contributed by atoms with Gasteiger partial charge in [-0.3, -0.25) is 0 Å². The zero-order valence-corrected chi connectivity index (χ0v) is 7.21. The smallest absolute Gasteiger partial charge is 0.00708 e. The molecule has 2 rings (SSSR count). The molecule has 0 aromatic rings. The summed E-state index contributed by atoms with van der Waals surface area (Å²) in [6, 6.07) is 1.55. The maximum absolute atomic E-state index is 4.37. The SMILES string of the molecule is CC(NC1CC1)C1CC[N-]C1. The van der Waals surface area contributed by atoms with Crippen LogP contribution in [0.25, 0.3) is 5.32 Å². The molecular weight excluding hydrogens is 136 g/mol. The average Bonchev–Trinajstić information content (AvgIpc) is 2.67. The van der Waals surface area contributed by atoms with Crippen LogP contribution in [0.1, 0.15) is 26.2 Å². The van der Waals surface area contributed by atoms with Gasteiger partial charge in [-0.1, -0.05) is 6.42 Å². The Balaban J connectivity index is 1.73. The monoisotopic (exact) mass is 153 g/mol. The molecule has 1 aliphatic heterocycles. The molecule has 0 aromatic heterocycles. The molecule has 0 spiro atoms. The molecular formula is C9H17N2-. The van der Waals surface area contributed by atoms with Crippen LogP contribution < -0.4 is 5.32 Å². The van der Waals surface area contributed by atoms with Crippen molar-refractivity contribution in [2.24, 2.45) is 5.92 Å². The van der Waals surface area contributed by atoms with Gasteiger partial charge in [-0.2, -0.15) is 0 Å². The fraction of sp³-hybridized carbons (Fsp3) is 1.00. The summed E-state index contributed by atoms with van der Waals surface area (Å²) in [5.74, 6) is 0.829. The highest BCUT2D eigenvalue weighted by Gasteiger charge is 2.25. The lowest BCUT2D eigenvalue weighted by atomic mass is 10.0. The second-order valence-corrected chi connectivity index (χ2v) is 3.91. The first-order chi connectivity index (χ1) is 5.36. The second kappa shape index (κ2) is 3.11. The Bertz CT molecular complexity index is 126. The Morgan fingerprint density at radius 3 is 2.73 bits per heavy atom. The van der Waals surface area contributed by atoms with Crippen molar-refractivity contribution in [3.05, 3.63) is 5.32 Å². The van der Waals surface area contributed by atoms with Gasteiger partial charge in [0.25, 0.3) is 0 Å². The van der Waals surface area contributed by atoms with Crippen molar-refractivity contribution in [2.45, 2.75) is 38.3 Å². The molecule has 1 heterocycles. The van der Waals surface area contributed by atoms with Gasteiger partial charge < -0.3 is 10.6 Å². The van der Waals surface area contributed by atoms with Gasteiger partial charge >= 0.3 is 0 Å². The fourth-order valence-corrected chi connectivity index (χ4v) is 1.77. The summed E-state index contributed by atoms with van der Waals surface area (Å²) in [5.41, 5.74) is 0. The van der Waals surface area contributed by atoms with E-state index in [1.54, 1.807) is 0 Å². The van der Waals surface area contributed by atoms with Crippen molar-refractivity contribution in [2.75, 3.05) is 13.1 Å². The van der Waals surface area contributed by atoms with Crippen LogP contribution in [0, 0.1) is 5.92 Å². The molecule has 2 nitrogen and oxygen atoms in total. The molecule has 11 heavy (non-hydrogen) atoms. The third-order valence-corrected chi connectivity index (χ3v) is 2.80. The maximum atomic E-state index is 4.37. The highest BCUT2D eigenvalue weighted by Crippen LogP contribution is 2.25. The molecule has 1 saturated carbocycles. The highest BCUT2D eigenvalue weighted by molar-refractivity contribution is 4.97. The summed E-state index contributed by atoms with van der Waals surface area (Å²) in [6.07, 6.45) is 4.10. The van der Waals surface area contributed by atoms with Crippen LogP contribution in [0.4, 0.5) is 0 Å². The van der Waals surface area contributed by atoms with Crippen molar-refractivity contribution in [3.8, 4) is 0 Å². The first-order valence-electron chi connectivity index (χ1n) is 4.75. The first-order valence-corrected chi connectivity index (χ1v) is 4.75. The van der Waals surface area contributed by atoms with E-state index in [-0.39, 0.29) is 0 Å². The summed E-state index contributed by atoms with van der Waals surface area (Å²) in [6.45, 7) is 4.51. The summed E-state index contributed by atoms with van der Waals surface area (Å²) < 4.78 is 0. The lowest BCUT2D eigenvalue weighted by Crippen LogP contribution is -2.35. The molecule has 1 saturated heterocycles. The Hall–Kier alpha value is -0.0800. The average molecular weight is 153 g/mol. The molecule has 2 unspecified atom stereocenters. The second-order valence-electron chi connectivity index (χ2n) is 3.91. The molecule has 2 atom stereocenters. The zero-order valence-electron chi connectivity index (χ0n) is 7.21. The number of nitrogens with one attached hydrogen (secondary N) is 1. The standard InChI is InChI=1S/C9H17N2/c1-7(11-9-2-3-9)8-4-5-10-6-8/h7-9,11H,2-6H2,1H3/q-1. The minimum absolute atomic E-state index is 0.703. The van der Waals surface area contributed by atoms with E-state index in [0.29, 0.717) is 6.04 Å². The van der Waals surface area contributed by atoms with Crippen LogP contribution in [-0.2, 0) is 0 Å². The number of nitrogens with zero attached hydrogens (tertiary/aromatic N) is 1. The predicted molar refractivity (Wildman–Crippen MR) is 46.8 cm³/mol. The van der Waals surface area contributed by atoms with Crippen molar-refractivity contribution in [1.29, 1.82) is 0 Å². The fourth-order valence-electron chi connectivity index (χ4n) is 1.77. The third-order valence-electron chi connectivity index (χ3n) is 2.80. The molecule has 2 aliphatic rings. The van der Waals surface area contributed by atoms with Crippen molar-refractivity contribution in [3.63, 3.8) is 0 Å². The van der Waals surface area contributed by atoms with Crippen molar-refractivity contribution < 1.29 is 0 Å². The predicted octanol–water partition coefficient (Wildman–Crippen LogP) is 1.52. The number of rotatable bonds is 3. The van der Waals surface area contributed by atoms with E-state index in [9.17, 15) is 0 Å². The Morgan fingerprint density at radius 2 is 2.18 bits per heavy atom. The summed E-state index contributed by atoms with van der Waals surface area (Å²) in [7, 11) is 0. The molecule has 2 heteroatoms. The summed E-state index contributed by atoms with van der Waals surface area (Å²) in [4.78, 5) is 0. The van der Waals surface area contributed by atoms with Gasteiger partial charge in [-0.25, -0.2) is 0 Å². The lowest BCUT2D eigenvalue weighted by Gasteiger charge is -2.22. The van der Waals surface area contributed by atoms with E-state index < -0.39 is 0 Å². The summed E-state index contributed by atoms with van der Waals surface area (Å²) >= 11 is 0. The molecule has 64 valence electrons. The van der Waals surface area contributed by atoms with Crippen LogP contribution >= 0.6 is 0 Å². The molecule has 0 amide bonds. The molecule has 1 N–H and O–H groups in total. The Labute approximate surface area is 68.7 Å². The minimum atomic E-state index is 0.703. The Morgan fingerprint density at radius 1 is 1.36 bits per heavy atom. The lowest BCUT2D eigenvalue weighted by molar-refractivity contribution is 0.403. The highest BCUT2D eigenvalue weighted by atomic mass is 15.0. The van der Waals surface area contributed by atoms with Gasteiger partial charge in [0.05, 0.1) is 0 Å². The van der Waals surface area contributed by atoms with Crippen LogP contribution in [0.2, 0.25) is 0 Å². The van der Waals surface area contributed by atoms with Crippen LogP contribution in [0.15, 0.2) is 0 Å². The first kappa shape index (κ1) is 7.56. The van der Waals surface area contributed by atoms with Crippen molar-refractivity contribution >= 4 is 0 Å². The van der Waals surface area contributed by atoms with E-state index in [4.69, 9.17) is 0 Å². The Kier molecular flexibility index (Phi) is 2.14. The third kappa shape index (κ3) is 1.94. The summed E-state index contributed by atoms with van der Waals surface area (Å²) in [5, 5.41) is 8.01. The van der Waals surface area contributed by atoms with Crippen LogP contribution in [0.3, 0.4) is 0 Å². The van der Waals surface area contributed by atoms with E-state index in [2.05, 4.69) is 17.6 Å². The topological polar surface area (TPSA) is 26.1 Å². The van der Waals surface area contributed by atoms with Crippen LogP contribution in [-0.4, -0.2) is 25.2 Å². The maximum Gasteiger partial charge on any atom is 0.00708 e. The van der Waals surface area contributed by atoms with Crippen molar-refractivity contribution in [1.82, 2.24) is 5.32 Å². The molecule has 1 aliphatic carbocycles. The van der Waals surface area contributed by atoms with E-state index in [0.717, 1.165) is 25.0 Å². The normalized spacial score (nSPS) is 34.1. The van der Waals surface area contributed by atoms with E-state index in [1.807, 2.05) is 0 Å². The van der Waals surface area contributed by atoms with Gasteiger partial charge in [0.2, 0.25) is 0 Å². The molecule has 0 radical (unpaired) electrons.